The molecule has 0 aliphatic carbocycles. The largest absolute Gasteiger partial charge is 0.477 e. The topological polar surface area (TPSA) is 54.6 Å². The number of rotatable bonds is 2. The Kier molecular flexibility index (Phi) is 3.03. The maximum absolute atomic E-state index is 11.3. The number of carbonyl (C=O) groups is 1. The van der Waals surface area contributed by atoms with Crippen molar-refractivity contribution in [3.05, 3.63) is 45.6 Å². The summed E-state index contributed by atoms with van der Waals surface area (Å²) in [6.07, 6.45) is 1.39. The maximum atomic E-state index is 11.3. The van der Waals surface area contributed by atoms with E-state index in [4.69, 9.17) is 11.6 Å². The van der Waals surface area contributed by atoms with Gasteiger partial charge in [-0.05, 0) is 31.5 Å². The highest BCUT2D eigenvalue weighted by Gasteiger charge is 2.19. The smallest absolute Gasteiger partial charge is 0.354 e. The second-order valence-electron chi connectivity index (χ2n) is 4.54. The summed E-state index contributed by atoms with van der Waals surface area (Å²) < 4.78 is 1.69. The third kappa shape index (κ3) is 1.90. The first-order chi connectivity index (χ1) is 9.49. The second-order valence-corrected chi connectivity index (χ2v) is 6.13. The molecule has 6 heteroatoms. The third-order valence-corrected chi connectivity index (χ3v) is 4.58. The van der Waals surface area contributed by atoms with Gasteiger partial charge >= 0.3 is 5.97 Å². The summed E-state index contributed by atoms with van der Waals surface area (Å²) >= 11 is 7.53. The lowest BCUT2D eigenvalue weighted by Gasteiger charge is -2.06. The lowest BCUT2D eigenvalue weighted by atomic mass is 10.1. The van der Waals surface area contributed by atoms with Gasteiger partial charge in [0.05, 0.1) is 11.9 Å². The van der Waals surface area contributed by atoms with Crippen LogP contribution in [0, 0.1) is 13.8 Å². The number of benzene rings is 1. The van der Waals surface area contributed by atoms with Gasteiger partial charge in [0.15, 0.2) is 10.7 Å². The molecule has 1 N–H and O–H groups in total. The zero-order valence-corrected chi connectivity index (χ0v) is 12.4. The molecule has 0 aliphatic heterocycles. The molecule has 0 unspecified atom stereocenters. The second kappa shape index (κ2) is 4.61. The minimum atomic E-state index is -0.984. The molecule has 0 saturated heterocycles. The molecule has 0 amide bonds. The highest BCUT2D eigenvalue weighted by Crippen LogP contribution is 2.33. The zero-order chi connectivity index (χ0) is 14.4. The molecule has 3 aromatic rings. The molecule has 0 atom stereocenters. The van der Waals surface area contributed by atoms with E-state index in [9.17, 15) is 9.90 Å². The van der Waals surface area contributed by atoms with Gasteiger partial charge in [-0.15, -0.1) is 11.3 Å². The number of nitrogens with zero attached hydrogens (tertiary/aromatic N) is 2. The van der Waals surface area contributed by atoms with Crippen molar-refractivity contribution in [1.29, 1.82) is 0 Å². The van der Waals surface area contributed by atoms with E-state index in [1.54, 1.807) is 4.40 Å². The van der Waals surface area contributed by atoms with Gasteiger partial charge in [0.1, 0.15) is 0 Å². The Balaban J connectivity index is 2.34. The molecule has 1 aromatic carbocycles. The zero-order valence-electron chi connectivity index (χ0n) is 10.8. The number of aromatic nitrogens is 2. The number of aryl methyl sites for hydroxylation is 2. The summed E-state index contributed by atoms with van der Waals surface area (Å²) in [4.78, 5) is 17.2. The van der Waals surface area contributed by atoms with Gasteiger partial charge in [-0.2, -0.15) is 0 Å². The summed E-state index contributed by atoms with van der Waals surface area (Å²) in [6, 6.07) is 5.68. The normalized spacial score (nSPS) is 11.2. The number of fused-ring (bicyclic) bond motifs is 1. The first-order valence-electron chi connectivity index (χ1n) is 5.95. The first-order valence-corrected chi connectivity index (χ1v) is 7.15. The Morgan fingerprint density at radius 2 is 2.15 bits per heavy atom. The van der Waals surface area contributed by atoms with Gasteiger partial charge in [0.25, 0.3) is 0 Å². The highest BCUT2D eigenvalue weighted by molar-refractivity contribution is 7.17. The van der Waals surface area contributed by atoms with E-state index in [0.29, 0.717) is 9.98 Å². The van der Waals surface area contributed by atoms with Crippen LogP contribution in [0.4, 0.5) is 0 Å². The molecular weight excluding hydrogens is 296 g/mol. The highest BCUT2D eigenvalue weighted by atomic mass is 35.5. The van der Waals surface area contributed by atoms with Crippen LogP contribution in [0.1, 0.15) is 20.9 Å². The summed E-state index contributed by atoms with van der Waals surface area (Å²) in [5.74, 6) is -0.984. The fourth-order valence-corrected chi connectivity index (χ4v) is 3.32. The van der Waals surface area contributed by atoms with Crippen LogP contribution in [0.25, 0.3) is 16.2 Å². The Labute approximate surface area is 124 Å². The van der Waals surface area contributed by atoms with Crippen LogP contribution in [0.5, 0.6) is 0 Å². The monoisotopic (exact) mass is 306 g/mol. The fraction of sp³-hybridized carbons (Fsp3) is 0.143. The van der Waals surface area contributed by atoms with E-state index in [1.807, 2.05) is 32.0 Å². The van der Waals surface area contributed by atoms with Crippen molar-refractivity contribution in [2.24, 2.45) is 0 Å². The molecule has 0 radical (unpaired) electrons. The number of halogens is 1. The maximum Gasteiger partial charge on any atom is 0.354 e. The van der Waals surface area contributed by atoms with Gasteiger partial charge in [0, 0.05) is 15.5 Å². The van der Waals surface area contributed by atoms with Crippen LogP contribution in [0.3, 0.4) is 0 Å². The number of aromatic carboxylic acids is 1. The molecule has 2 heterocycles. The van der Waals surface area contributed by atoms with E-state index in [-0.39, 0.29) is 5.69 Å². The molecule has 0 aliphatic rings. The SMILES string of the molecule is Cc1cc(-c2c(C)sc3ncc(C(=O)O)n23)ccc1Cl. The van der Waals surface area contributed by atoms with E-state index in [2.05, 4.69) is 4.98 Å². The van der Waals surface area contributed by atoms with Crippen LogP contribution in [-0.4, -0.2) is 20.5 Å². The van der Waals surface area contributed by atoms with Crippen LogP contribution in [0.2, 0.25) is 5.02 Å². The third-order valence-electron chi connectivity index (χ3n) is 3.18. The van der Waals surface area contributed by atoms with Gasteiger partial charge < -0.3 is 5.11 Å². The van der Waals surface area contributed by atoms with E-state index < -0.39 is 5.97 Å². The quantitative estimate of drug-likeness (QED) is 0.777. The number of hydrogen-bond donors (Lipinski definition) is 1. The Bertz CT molecular complexity index is 835. The minimum Gasteiger partial charge on any atom is -0.477 e. The number of carboxylic acid groups (broad SMARTS) is 1. The van der Waals surface area contributed by atoms with E-state index in [0.717, 1.165) is 21.7 Å². The summed E-state index contributed by atoms with van der Waals surface area (Å²) in [6.45, 7) is 3.89. The summed E-state index contributed by atoms with van der Waals surface area (Å²) in [7, 11) is 0. The molecule has 0 fully saturated rings. The van der Waals surface area contributed by atoms with Crippen molar-refractivity contribution in [2.45, 2.75) is 13.8 Å². The minimum absolute atomic E-state index is 0.173. The summed E-state index contributed by atoms with van der Waals surface area (Å²) in [5.41, 5.74) is 2.93. The van der Waals surface area contributed by atoms with Crippen molar-refractivity contribution in [3.63, 3.8) is 0 Å². The van der Waals surface area contributed by atoms with Crippen LogP contribution in [0.15, 0.2) is 24.4 Å². The van der Waals surface area contributed by atoms with Crippen molar-refractivity contribution in [3.8, 4) is 11.3 Å². The Morgan fingerprint density at radius 3 is 2.80 bits per heavy atom. The van der Waals surface area contributed by atoms with E-state index in [1.165, 1.54) is 17.5 Å². The van der Waals surface area contributed by atoms with Crippen molar-refractivity contribution in [1.82, 2.24) is 9.38 Å². The van der Waals surface area contributed by atoms with Gasteiger partial charge in [-0.3, -0.25) is 4.40 Å². The molecule has 20 heavy (non-hydrogen) atoms. The molecule has 0 spiro atoms. The van der Waals surface area contributed by atoms with Crippen LogP contribution in [-0.2, 0) is 0 Å². The Morgan fingerprint density at radius 1 is 1.40 bits per heavy atom. The molecule has 102 valence electrons. The number of carboxylic acids is 1. The van der Waals surface area contributed by atoms with Crippen molar-refractivity contribution in [2.75, 3.05) is 0 Å². The lowest BCUT2D eigenvalue weighted by Crippen LogP contribution is -2.02. The van der Waals surface area contributed by atoms with Gasteiger partial charge in [0.2, 0.25) is 0 Å². The first kappa shape index (κ1) is 13.1. The van der Waals surface area contributed by atoms with Gasteiger partial charge in [-0.25, -0.2) is 9.78 Å². The summed E-state index contributed by atoms with van der Waals surface area (Å²) in [5, 5.41) is 9.97. The lowest BCUT2D eigenvalue weighted by molar-refractivity contribution is 0.0689. The number of imidazole rings is 1. The van der Waals surface area contributed by atoms with Crippen LogP contribution >= 0.6 is 22.9 Å². The standard InChI is InChI=1S/C14H11ClN2O2S/c1-7-5-9(3-4-10(7)15)12-8(2)20-14-16-6-11(13(18)19)17(12)14/h3-6H,1-2H3,(H,18,19). The average Bonchev–Trinajstić information content (AvgIpc) is 2.90. The molecule has 0 saturated carbocycles. The molecule has 4 nitrogen and oxygen atoms in total. The molecular formula is C14H11ClN2O2S. The molecule has 2 aromatic heterocycles. The predicted molar refractivity (Wildman–Crippen MR) is 79.9 cm³/mol. The fourth-order valence-electron chi connectivity index (χ4n) is 2.24. The van der Waals surface area contributed by atoms with Crippen molar-refractivity contribution >= 4 is 33.9 Å². The average molecular weight is 307 g/mol. The molecule has 3 rings (SSSR count). The number of hydrogen-bond acceptors (Lipinski definition) is 3. The van der Waals surface area contributed by atoms with E-state index >= 15 is 0 Å². The Hall–Kier alpha value is -1.85. The van der Waals surface area contributed by atoms with Crippen molar-refractivity contribution < 1.29 is 9.90 Å². The predicted octanol–water partition coefficient (Wildman–Crippen LogP) is 4.03. The molecule has 0 bridgehead atoms. The van der Waals surface area contributed by atoms with Gasteiger partial charge in [-0.1, -0.05) is 17.7 Å². The van der Waals surface area contributed by atoms with Crippen LogP contribution < -0.4 is 0 Å². The number of thiazole rings is 1.